The van der Waals surface area contributed by atoms with Crippen LogP contribution in [-0.4, -0.2) is 41.9 Å². The number of likely N-dealkylation sites (tertiary alicyclic amines) is 1. The standard InChI is InChI=1S/C9H16FNO4S/c1-2-9(10,16(13,14)15)8(12)11-6-4-3-5-7-11/h2-7H2,1H3,(H,13,14,15). The van der Waals surface area contributed by atoms with Gasteiger partial charge in [0.2, 0.25) is 0 Å². The van der Waals surface area contributed by atoms with Crippen LogP contribution in [-0.2, 0) is 14.9 Å². The van der Waals surface area contributed by atoms with E-state index in [1.165, 1.54) is 11.8 Å². The highest BCUT2D eigenvalue weighted by atomic mass is 32.2. The highest BCUT2D eigenvalue weighted by Gasteiger charge is 2.51. The maximum absolute atomic E-state index is 14.0. The maximum Gasteiger partial charge on any atom is 0.311 e. The number of nitrogens with zero attached hydrogens (tertiary/aromatic N) is 1. The average molecular weight is 253 g/mol. The lowest BCUT2D eigenvalue weighted by Crippen LogP contribution is -2.51. The second-order valence-electron chi connectivity index (χ2n) is 3.91. The first-order valence-electron chi connectivity index (χ1n) is 5.28. The molecule has 1 heterocycles. The molecule has 1 fully saturated rings. The van der Waals surface area contributed by atoms with Crippen LogP contribution in [0.25, 0.3) is 0 Å². The SMILES string of the molecule is CCC(F)(C(=O)N1CCCCC1)S(=O)(=O)O. The quantitative estimate of drug-likeness (QED) is 0.760. The Morgan fingerprint density at radius 1 is 1.38 bits per heavy atom. The molecule has 1 unspecified atom stereocenters. The molecule has 0 saturated carbocycles. The first kappa shape index (κ1) is 13.4. The predicted octanol–water partition coefficient (Wildman–Crippen LogP) is 0.963. The maximum atomic E-state index is 14.0. The summed E-state index contributed by atoms with van der Waals surface area (Å²) in [5, 5.41) is -3.19. The van der Waals surface area contributed by atoms with E-state index in [0.717, 1.165) is 19.3 Å². The third-order valence-corrected chi connectivity index (χ3v) is 4.11. The molecule has 1 amide bonds. The predicted molar refractivity (Wildman–Crippen MR) is 56.1 cm³/mol. The molecule has 1 saturated heterocycles. The third kappa shape index (κ3) is 2.35. The van der Waals surface area contributed by atoms with Crippen molar-refractivity contribution in [2.75, 3.05) is 13.1 Å². The normalized spacial score (nSPS) is 21.6. The number of amides is 1. The fourth-order valence-corrected chi connectivity index (χ4v) is 2.49. The smallest absolute Gasteiger partial charge is 0.311 e. The first-order chi connectivity index (χ1) is 7.33. The van der Waals surface area contributed by atoms with Gasteiger partial charge in [-0.25, -0.2) is 4.39 Å². The minimum atomic E-state index is -5.02. The summed E-state index contributed by atoms with van der Waals surface area (Å²) >= 11 is 0. The fourth-order valence-electron chi connectivity index (χ4n) is 1.78. The third-order valence-electron chi connectivity index (χ3n) is 2.83. The van der Waals surface area contributed by atoms with E-state index < -0.39 is 27.4 Å². The fraction of sp³-hybridized carbons (Fsp3) is 0.889. The van der Waals surface area contributed by atoms with Gasteiger partial charge in [-0.15, -0.1) is 0 Å². The van der Waals surface area contributed by atoms with Crippen LogP contribution in [0, 0.1) is 0 Å². The van der Waals surface area contributed by atoms with E-state index in [1.807, 2.05) is 0 Å². The molecule has 5 nitrogen and oxygen atoms in total. The van der Waals surface area contributed by atoms with Gasteiger partial charge >= 0.3 is 15.1 Å². The second kappa shape index (κ2) is 4.67. The van der Waals surface area contributed by atoms with E-state index in [4.69, 9.17) is 4.55 Å². The van der Waals surface area contributed by atoms with Crippen molar-refractivity contribution in [1.29, 1.82) is 0 Å². The van der Waals surface area contributed by atoms with Crippen LogP contribution in [0.4, 0.5) is 4.39 Å². The number of carbonyl (C=O) groups excluding carboxylic acids is 1. The minimum Gasteiger partial charge on any atom is -0.339 e. The van der Waals surface area contributed by atoms with E-state index in [9.17, 15) is 17.6 Å². The zero-order chi connectivity index (χ0) is 12.4. The summed E-state index contributed by atoms with van der Waals surface area (Å²) in [5.41, 5.74) is 0. The lowest BCUT2D eigenvalue weighted by molar-refractivity contribution is -0.140. The van der Waals surface area contributed by atoms with Gasteiger partial charge in [-0.05, 0) is 19.3 Å². The highest BCUT2D eigenvalue weighted by molar-refractivity contribution is 7.87. The monoisotopic (exact) mass is 253 g/mol. The van der Waals surface area contributed by atoms with Crippen LogP contribution in [0.5, 0.6) is 0 Å². The van der Waals surface area contributed by atoms with Crippen molar-refractivity contribution in [3.05, 3.63) is 0 Å². The van der Waals surface area contributed by atoms with Crippen molar-refractivity contribution < 1.29 is 22.2 Å². The van der Waals surface area contributed by atoms with E-state index in [0.29, 0.717) is 13.1 Å². The Bertz CT molecular complexity index is 364. The molecule has 0 bridgehead atoms. The zero-order valence-electron chi connectivity index (χ0n) is 9.15. The van der Waals surface area contributed by atoms with Crippen molar-refractivity contribution >= 4 is 16.0 Å². The number of alkyl halides is 1. The Morgan fingerprint density at radius 2 is 1.88 bits per heavy atom. The van der Waals surface area contributed by atoms with Gasteiger partial charge < -0.3 is 4.90 Å². The number of rotatable bonds is 3. The largest absolute Gasteiger partial charge is 0.339 e. The molecule has 1 aliphatic rings. The zero-order valence-corrected chi connectivity index (χ0v) is 9.96. The molecule has 0 aromatic heterocycles. The van der Waals surface area contributed by atoms with Crippen molar-refractivity contribution in [2.45, 2.75) is 37.6 Å². The molecule has 0 aromatic rings. The van der Waals surface area contributed by atoms with Crippen LogP contribution in [0.2, 0.25) is 0 Å². The number of halogens is 1. The molecule has 0 spiro atoms. The molecule has 0 radical (unpaired) electrons. The Kier molecular flexibility index (Phi) is 3.90. The van der Waals surface area contributed by atoms with Crippen LogP contribution in [0.1, 0.15) is 32.6 Å². The summed E-state index contributed by atoms with van der Waals surface area (Å²) in [6, 6.07) is 0. The van der Waals surface area contributed by atoms with Crippen molar-refractivity contribution in [3.63, 3.8) is 0 Å². The Labute approximate surface area is 94.4 Å². The average Bonchev–Trinajstić information content (AvgIpc) is 2.26. The lowest BCUT2D eigenvalue weighted by Gasteiger charge is -2.31. The van der Waals surface area contributed by atoms with Gasteiger partial charge in [-0.2, -0.15) is 8.42 Å². The van der Waals surface area contributed by atoms with E-state index >= 15 is 0 Å². The molecular weight excluding hydrogens is 237 g/mol. The van der Waals surface area contributed by atoms with Crippen LogP contribution < -0.4 is 0 Å². The topological polar surface area (TPSA) is 74.7 Å². The van der Waals surface area contributed by atoms with Crippen molar-refractivity contribution in [1.82, 2.24) is 4.90 Å². The van der Waals surface area contributed by atoms with E-state index in [2.05, 4.69) is 0 Å². The number of carbonyl (C=O) groups is 1. The molecule has 1 N–H and O–H groups in total. The Balaban J connectivity index is 2.92. The van der Waals surface area contributed by atoms with Crippen LogP contribution >= 0.6 is 0 Å². The molecule has 0 aliphatic carbocycles. The molecule has 7 heteroatoms. The van der Waals surface area contributed by atoms with Gasteiger partial charge in [-0.3, -0.25) is 9.35 Å². The molecule has 1 aliphatic heterocycles. The Morgan fingerprint density at radius 3 is 2.25 bits per heavy atom. The van der Waals surface area contributed by atoms with Gasteiger partial charge in [0.1, 0.15) is 0 Å². The van der Waals surface area contributed by atoms with Crippen molar-refractivity contribution in [2.24, 2.45) is 0 Å². The minimum absolute atomic E-state index is 0.347. The first-order valence-corrected chi connectivity index (χ1v) is 6.72. The van der Waals surface area contributed by atoms with Crippen molar-refractivity contribution in [3.8, 4) is 0 Å². The summed E-state index contributed by atoms with van der Waals surface area (Å²) < 4.78 is 44.6. The van der Waals surface area contributed by atoms with Gasteiger partial charge in [0.15, 0.2) is 0 Å². The van der Waals surface area contributed by atoms with Crippen LogP contribution in [0.3, 0.4) is 0 Å². The summed E-state index contributed by atoms with van der Waals surface area (Å²) in [6.07, 6.45) is 1.83. The van der Waals surface area contributed by atoms with Gasteiger partial charge in [-0.1, -0.05) is 6.92 Å². The summed E-state index contributed by atoms with van der Waals surface area (Å²) in [7, 11) is -5.02. The van der Waals surface area contributed by atoms with Gasteiger partial charge in [0, 0.05) is 19.5 Å². The molecule has 1 atom stereocenters. The number of hydrogen-bond donors (Lipinski definition) is 1. The summed E-state index contributed by atoms with van der Waals surface area (Å²) in [4.78, 5) is 12.9. The lowest BCUT2D eigenvalue weighted by atomic mass is 10.1. The molecule has 1 rings (SSSR count). The summed E-state index contributed by atoms with van der Waals surface area (Å²) in [6.45, 7) is 1.91. The van der Waals surface area contributed by atoms with Crippen LogP contribution in [0.15, 0.2) is 0 Å². The Hall–Kier alpha value is -0.690. The van der Waals surface area contributed by atoms with E-state index in [-0.39, 0.29) is 0 Å². The molecule has 0 aromatic carbocycles. The number of hydrogen-bond acceptors (Lipinski definition) is 3. The van der Waals surface area contributed by atoms with E-state index in [1.54, 1.807) is 0 Å². The van der Waals surface area contributed by atoms with Gasteiger partial charge in [0.25, 0.3) is 5.91 Å². The molecule has 16 heavy (non-hydrogen) atoms. The van der Waals surface area contributed by atoms with Gasteiger partial charge in [0.05, 0.1) is 0 Å². The molecular formula is C9H16FNO4S. The highest BCUT2D eigenvalue weighted by Crippen LogP contribution is 2.27. The second-order valence-corrected chi connectivity index (χ2v) is 5.51. The molecule has 94 valence electrons. The summed E-state index contributed by atoms with van der Waals surface area (Å²) in [5.74, 6) is -1.14. The number of piperidine rings is 1.